The highest BCUT2D eigenvalue weighted by atomic mass is 35.5. The van der Waals surface area contributed by atoms with Crippen molar-refractivity contribution >= 4 is 39.4 Å². The Hall–Kier alpha value is -3.36. The highest BCUT2D eigenvalue weighted by Crippen LogP contribution is 2.23. The zero-order valence-corrected chi connectivity index (χ0v) is 20.7. The molecule has 0 aliphatic heterocycles. The third-order valence-corrected chi connectivity index (χ3v) is 6.29. The van der Waals surface area contributed by atoms with Gasteiger partial charge in [0.2, 0.25) is 10.0 Å². The summed E-state index contributed by atoms with van der Waals surface area (Å²) in [7, 11) is -3.66. The van der Waals surface area contributed by atoms with Gasteiger partial charge in [0, 0.05) is 5.02 Å². The molecule has 0 unspecified atom stereocenters. The van der Waals surface area contributed by atoms with Gasteiger partial charge in [-0.25, -0.2) is 13.8 Å². The number of benzene rings is 3. The summed E-state index contributed by atoms with van der Waals surface area (Å²) in [6, 6.07) is 20.0. The van der Waals surface area contributed by atoms with E-state index in [1.807, 2.05) is 37.3 Å². The maximum Gasteiger partial charge on any atom is 0.260 e. The molecule has 1 N–H and O–H groups in total. The van der Waals surface area contributed by atoms with Gasteiger partial charge in [-0.15, -0.1) is 0 Å². The van der Waals surface area contributed by atoms with Gasteiger partial charge in [-0.1, -0.05) is 41.4 Å². The highest BCUT2D eigenvalue weighted by Gasteiger charge is 2.22. The molecule has 34 heavy (non-hydrogen) atoms. The summed E-state index contributed by atoms with van der Waals surface area (Å²) in [4.78, 5) is 12.4. The quantitative estimate of drug-likeness (QED) is 0.348. The molecule has 1 amide bonds. The van der Waals surface area contributed by atoms with Crippen LogP contribution in [0.2, 0.25) is 5.02 Å². The largest absolute Gasteiger partial charge is 0.489 e. The fraction of sp³-hybridized carbons (Fsp3) is 0.200. The lowest BCUT2D eigenvalue weighted by Gasteiger charge is -2.23. The second-order valence-electron chi connectivity index (χ2n) is 7.84. The first-order valence-corrected chi connectivity index (χ1v) is 12.7. The predicted molar refractivity (Wildman–Crippen MR) is 136 cm³/mol. The normalized spacial score (nSPS) is 11.4. The molecule has 3 rings (SSSR count). The molecule has 0 aliphatic carbocycles. The number of sulfonamides is 1. The monoisotopic (exact) mass is 499 g/mol. The number of hydrogen-bond donors (Lipinski definition) is 1. The van der Waals surface area contributed by atoms with E-state index in [0.29, 0.717) is 23.1 Å². The Morgan fingerprint density at radius 2 is 1.74 bits per heavy atom. The molecule has 0 aromatic heterocycles. The number of aryl methyl sites for hydroxylation is 2. The van der Waals surface area contributed by atoms with Crippen molar-refractivity contribution in [2.45, 2.75) is 20.5 Å². The van der Waals surface area contributed by atoms with Crippen molar-refractivity contribution in [3.05, 3.63) is 94.0 Å². The number of carbonyl (C=O) groups is 1. The number of halogens is 1. The van der Waals surface area contributed by atoms with E-state index in [9.17, 15) is 13.2 Å². The van der Waals surface area contributed by atoms with E-state index in [1.54, 1.807) is 43.3 Å². The van der Waals surface area contributed by atoms with Gasteiger partial charge in [0.1, 0.15) is 18.9 Å². The van der Waals surface area contributed by atoms with Gasteiger partial charge in [0.05, 0.1) is 18.2 Å². The molecular formula is C25H26ClN3O4S. The number of nitrogens with zero attached hydrogens (tertiary/aromatic N) is 2. The molecule has 0 spiro atoms. The number of hydrogen-bond acceptors (Lipinski definition) is 5. The molecule has 0 saturated heterocycles. The standard InChI is InChI=1S/C25H26ClN3O4S/c1-18-4-13-24(19(2)14-18)29(34(3,31)32)16-25(30)28-27-15-20-7-11-23(12-8-20)33-17-21-5-9-22(26)10-6-21/h4-15H,16-17H2,1-3H3,(H,28,30)/b27-15-. The Labute approximate surface area is 205 Å². The molecular weight excluding hydrogens is 474 g/mol. The zero-order chi connectivity index (χ0) is 24.7. The van der Waals surface area contributed by atoms with Crippen molar-refractivity contribution in [2.24, 2.45) is 5.10 Å². The minimum atomic E-state index is -3.66. The van der Waals surface area contributed by atoms with Crippen LogP contribution in [0.25, 0.3) is 0 Å². The average Bonchev–Trinajstić information content (AvgIpc) is 2.78. The molecule has 0 atom stereocenters. The summed E-state index contributed by atoms with van der Waals surface area (Å²) in [6.07, 6.45) is 2.54. The fourth-order valence-electron chi connectivity index (χ4n) is 3.21. The molecule has 3 aromatic carbocycles. The zero-order valence-electron chi connectivity index (χ0n) is 19.2. The molecule has 0 radical (unpaired) electrons. The van der Waals surface area contributed by atoms with Crippen LogP contribution in [0.4, 0.5) is 5.69 Å². The number of nitrogens with one attached hydrogen (secondary N) is 1. The minimum absolute atomic E-state index is 0.377. The number of ether oxygens (including phenoxy) is 1. The number of rotatable bonds is 9. The first-order valence-electron chi connectivity index (χ1n) is 10.5. The van der Waals surface area contributed by atoms with Crippen molar-refractivity contribution in [2.75, 3.05) is 17.1 Å². The molecule has 0 aliphatic rings. The summed E-state index contributed by atoms with van der Waals surface area (Å²) in [5.74, 6) is 0.137. The molecule has 0 fully saturated rings. The van der Waals surface area contributed by atoms with Gasteiger partial charge in [0.15, 0.2) is 0 Å². The van der Waals surface area contributed by atoms with E-state index in [4.69, 9.17) is 16.3 Å². The Morgan fingerprint density at radius 1 is 1.06 bits per heavy atom. The van der Waals surface area contributed by atoms with Crippen molar-refractivity contribution in [3.63, 3.8) is 0 Å². The predicted octanol–water partition coefficient (Wildman–Crippen LogP) is 4.45. The smallest absolute Gasteiger partial charge is 0.260 e. The number of amides is 1. The van der Waals surface area contributed by atoms with Crippen molar-refractivity contribution in [1.82, 2.24) is 5.43 Å². The number of hydrazone groups is 1. The van der Waals surface area contributed by atoms with Crippen LogP contribution in [0, 0.1) is 13.8 Å². The summed E-state index contributed by atoms with van der Waals surface area (Å²) in [5, 5.41) is 4.61. The lowest BCUT2D eigenvalue weighted by atomic mass is 10.1. The van der Waals surface area contributed by atoms with Crippen LogP contribution in [0.15, 0.2) is 71.8 Å². The van der Waals surface area contributed by atoms with Crippen LogP contribution < -0.4 is 14.5 Å². The van der Waals surface area contributed by atoms with Crippen molar-refractivity contribution in [3.8, 4) is 5.75 Å². The van der Waals surface area contributed by atoms with E-state index in [0.717, 1.165) is 32.8 Å². The first-order chi connectivity index (χ1) is 16.1. The van der Waals surface area contributed by atoms with Crippen LogP contribution in [-0.4, -0.2) is 33.3 Å². The first kappa shape index (κ1) is 25.3. The molecule has 7 nitrogen and oxygen atoms in total. The maximum atomic E-state index is 12.4. The third kappa shape index (κ3) is 7.33. The third-order valence-electron chi connectivity index (χ3n) is 4.91. The fourth-order valence-corrected chi connectivity index (χ4v) is 4.25. The van der Waals surface area contributed by atoms with E-state index < -0.39 is 15.9 Å². The molecule has 178 valence electrons. The van der Waals surface area contributed by atoms with E-state index in [-0.39, 0.29) is 6.54 Å². The van der Waals surface area contributed by atoms with Crippen LogP contribution in [0.3, 0.4) is 0 Å². The number of anilines is 1. The van der Waals surface area contributed by atoms with Crippen LogP contribution >= 0.6 is 11.6 Å². The van der Waals surface area contributed by atoms with Gasteiger partial charge < -0.3 is 4.74 Å². The van der Waals surface area contributed by atoms with Crippen molar-refractivity contribution in [1.29, 1.82) is 0 Å². The molecule has 0 heterocycles. The van der Waals surface area contributed by atoms with Crippen LogP contribution in [0.1, 0.15) is 22.3 Å². The maximum absolute atomic E-state index is 12.4. The summed E-state index contributed by atoms with van der Waals surface area (Å²) in [5.41, 5.74) is 6.36. The summed E-state index contributed by atoms with van der Waals surface area (Å²) in [6.45, 7) is 3.76. The van der Waals surface area contributed by atoms with E-state index in [2.05, 4.69) is 10.5 Å². The lowest BCUT2D eigenvalue weighted by molar-refractivity contribution is -0.119. The number of carbonyl (C=O) groups excluding carboxylic acids is 1. The summed E-state index contributed by atoms with van der Waals surface area (Å²) >= 11 is 5.88. The Bertz CT molecular complexity index is 1270. The minimum Gasteiger partial charge on any atom is -0.489 e. The second kappa shape index (κ2) is 11.2. The van der Waals surface area contributed by atoms with Crippen LogP contribution in [-0.2, 0) is 21.4 Å². The van der Waals surface area contributed by atoms with Crippen LogP contribution in [0.5, 0.6) is 5.75 Å². The molecule has 3 aromatic rings. The molecule has 0 saturated carbocycles. The van der Waals surface area contributed by atoms with Gasteiger partial charge in [0.25, 0.3) is 5.91 Å². The van der Waals surface area contributed by atoms with Gasteiger partial charge >= 0.3 is 0 Å². The lowest BCUT2D eigenvalue weighted by Crippen LogP contribution is -2.39. The van der Waals surface area contributed by atoms with Gasteiger partial charge in [-0.2, -0.15) is 5.10 Å². The average molecular weight is 500 g/mol. The molecule has 9 heteroatoms. The van der Waals surface area contributed by atoms with Crippen molar-refractivity contribution < 1.29 is 17.9 Å². The Morgan fingerprint density at radius 3 is 2.35 bits per heavy atom. The van der Waals surface area contributed by atoms with E-state index in [1.165, 1.54) is 6.21 Å². The molecule has 0 bridgehead atoms. The van der Waals surface area contributed by atoms with Gasteiger partial charge in [-0.05, 0) is 73.0 Å². The Balaban J connectivity index is 1.56. The van der Waals surface area contributed by atoms with Gasteiger partial charge in [-0.3, -0.25) is 9.10 Å². The second-order valence-corrected chi connectivity index (χ2v) is 10.2. The van der Waals surface area contributed by atoms with E-state index >= 15 is 0 Å². The summed E-state index contributed by atoms with van der Waals surface area (Å²) < 4.78 is 31.4. The highest BCUT2D eigenvalue weighted by molar-refractivity contribution is 7.92. The topological polar surface area (TPSA) is 88.1 Å². The Kier molecular flexibility index (Phi) is 8.31. The SMILES string of the molecule is Cc1ccc(N(CC(=O)N/N=C\c2ccc(OCc3ccc(Cl)cc3)cc2)S(C)(=O)=O)c(C)c1.